The zero-order chi connectivity index (χ0) is 18.3. The minimum atomic E-state index is -1.49. The number of carboxylic acids is 1. The highest BCUT2D eigenvalue weighted by molar-refractivity contribution is 7.91. The first-order valence-electron chi connectivity index (χ1n) is 7.45. The van der Waals surface area contributed by atoms with Crippen LogP contribution < -0.4 is 4.74 Å². The van der Waals surface area contributed by atoms with Gasteiger partial charge in [0.25, 0.3) is 0 Å². The lowest BCUT2D eigenvalue weighted by Crippen LogP contribution is -2.27. The molecule has 0 saturated carbocycles. The lowest BCUT2D eigenvalue weighted by atomic mass is 9.99. The van der Waals surface area contributed by atoms with Crippen molar-refractivity contribution in [3.63, 3.8) is 0 Å². The third-order valence-electron chi connectivity index (χ3n) is 3.24. The maximum Gasteiger partial charge on any atom is 0.320 e. The van der Waals surface area contributed by atoms with Crippen molar-refractivity contribution in [2.24, 2.45) is 10.3 Å². The Bertz CT molecular complexity index is 647. The van der Waals surface area contributed by atoms with Crippen LogP contribution in [-0.4, -0.2) is 33.2 Å². The van der Waals surface area contributed by atoms with Crippen LogP contribution in [0.2, 0.25) is 0 Å². The molecule has 0 aliphatic heterocycles. The van der Waals surface area contributed by atoms with Crippen LogP contribution in [0.5, 0.6) is 5.75 Å². The number of methoxy groups -OCH3 is 1. The van der Waals surface area contributed by atoms with E-state index >= 15 is 0 Å². The maximum absolute atomic E-state index is 12.4. The van der Waals surface area contributed by atoms with Crippen molar-refractivity contribution in [1.82, 2.24) is 0 Å². The topological polar surface area (TPSA) is 106 Å². The Kier molecular flexibility index (Phi) is 7.26. The van der Waals surface area contributed by atoms with Crippen LogP contribution in [0.3, 0.4) is 0 Å². The third-order valence-corrected chi connectivity index (χ3v) is 4.68. The number of carboxylic acid groups (broad SMARTS) is 1. The molecule has 7 heteroatoms. The highest BCUT2D eigenvalue weighted by atomic mass is 32.2. The van der Waals surface area contributed by atoms with Gasteiger partial charge in [-0.05, 0) is 45.7 Å². The van der Waals surface area contributed by atoms with Gasteiger partial charge in [-0.2, -0.15) is 5.26 Å². The number of carbonyl (C=O) groups is 1. The molecule has 0 radical (unpaired) electrons. The predicted octanol–water partition coefficient (Wildman–Crippen LogP) is 2.95. The SMILES string of the molecule is COc1cccc(/C(CCC(C#N)C(=O)O)=N/[S@+]([O-])C(C)(C)C)c1. The van der Waals surface area contributed by atoms with Crippen molar-refractivity contribution in [3.05, 3.63) is 29.8 Å². The second-order valence-electron chi connectivity index (χ2n) is 6.19. The van der Waals surface area contributed by atoms with E-state index < -0.39 is 28.0 Å². The van der Waals surface area contributed by atoms with Crippen molar-refractivity contribution < 1.29 is 19.2 Å². The Labute approximate surface area is 145 Å². The van der Waals surface area contributed by atoms with E-state index in [1.807, 2.05) is 20.8 Å². The van der Waals surface area contributed by atoms with E-state index in [9.17, 15) is 9.35 Å². The van der Waals surface area contributed by atoms with Gasteiger partial charge >= 0.3 is 5.97 Å². The lowest BCUT2D eigenvalue weighted by molar-refractivity contribution is -0.139. The molecule has 0 heterocycles. The molecule has 2 atom stereocenters. The minimum Gasteiger partial charge on any atom is -0.591 e. The molecular weight excluding hydrogens is 328 g/mol. The summed E-state index contributed by atoms with van der Waals surface area (Å²) in [7, 11) is 1.54. The standard InChI is InChI=1S/C17H22N2O4S/c1-17(2,3)24(22)19-15(9-8-13(11-18)16(20)21)12-6-5-7-14(10-12)23-4/h5-7,10,13H,8-9H2,1-4H3,(H,20,21)/b19-15+/t13?,24-/m1/s1. The molecule has 1 N–H and O–H groups in total. The maximum atomic E-state index is 12.4. The van der Waals surface area contributed by atoms with Gasteiger partial charge in [0.1, 0.15) is 27.8 Å². The molecule has 130 valence electrons. The number of nitriles is 1. The average Bonchev–Trinajstić information content (AvgIpc) is 2.52. The van der Waals surface area contributed by atoms with E-state index in [0.717, 1.165) is 0 Å². The van der Waals surface area contributed by atoms with E-state index in [-0.39, 0.29) is 12.8 Å². The van der Waals surface area contributed by atoms with Crippen LogP contribution in [0.15, 0.2) is 28.7 Å². The van der Waals surface area contributed by atoms with Gasteiger partial charge in [-0.15, -0.1) is 0 Å². The molecule has 0 aromatic heterocycles. The third kappa shape index (κ3) is 5.87. The van der Waals surface area contributed by atoms with Gasteiger partial charge in [-0.3, -0.25) is 4.79 Å². The molecule has 0 spiro atoms. The summed E-state index contributed by atoms with van der Waals surface area (Å²) in [6, 6.07) is 8.86. The average molecular weight is 350 g/mol. The zero-order valence-corrected chi connectivity index (χ0v) is 15.1. The second kappa shape index (κ2) is 8.71. The molecule has 0 bridgehead atoms. The number of ether oxygens (including phenoxy) is 1. The number of hydrogen-bond acceptors (Lipinski definition) is 5. The minimum absolute atomic E-state index is 0.100. The Morgan fingerprint density at radius 2 is 2.17 bits per heavy atom. The highest BCUT2D eigenvalue weighted by Gasteiger charge is 2.28. The highest BCUT2D eigenvalue weighted by Crippen LogP contribution is 2.22. The monoisotopic (exact) mass is 350 g/mol. The van der Waals surface area contributed by atoms with E-state index in [4.69, 9.17) is 15.1 Å². The molecular formula is C17H22N2O4S. The Morgan fingerprint density at radius 3 is 2.67 bits per heavy atom. The fourth-order valence-corrected chi connectivity index (χ4v) is 2.48. The van der Waals surface area contributed by atoms with Crippen molar-refractivity contribution in [2.75, 3.05) is 7.11 Å². The number of aliphatic carboxylic acids is 1. The van der Waals surface area contributed by atoms with Gasteiger partial charge < -0.3 is 14.4 Å². The molecule has 1 rings (SSSR count). The summed E-state index contributed by atoms with van der Waals surface area (Å²) < 4.78 is 21.3. The Balaban J connectivity index is 3.14. The molecule has 0 amide bonds. The van der Waals surface area contributed by atoms with Crippen molar-refractivity contribution >= 4 is 23.0 Å². The number of hydrogen-bond donors (Lipinski definition) is 1. The van der Waals surface area contributed by atoms with Crippen LogP contribution in [0.4, 0.5) is 0 Å². The number of rotatable bonds is 7. The van der Waals surface area contributed by atoms with Gasteiger partial charge in [-0.1, -0.05) is 16.5 Å². The van der Waals surface area contributed by atoms with Crippen LogP contribution in [0.1, 0.15) is 39.2 Å². The molecule has 1 aromatic rings. The van der Waals surface area contributed by atoms with Crippen LogP contribution in [-0.2, 0) is 16.2 Å². The number of nitrogens with zero attached hydrogens (tertiary/aromatic N) is 2. The summed E-state index contributed by atoms with van der Waals surface area (Å²) in [5, 5.41) is 17.9. The Morgan fingerprint density at radius 1 is 1.50 bits per heavy atom. The number of benzene rings is 1. The van der Waals surface area contributed by atoms with Gasteiger partial charge in [-0.25, -0.2) is 0 Å². The summed E-state index contributed by atoms with van der Waals surface area (Å²) in [6.45, 7) is 5.43. The Hall–Kier alpha value is -2.04. The van der Waals surface area contributed by atoms with Crippen LogP contribution in [0.25, 0.3) is 0 Å². The molecule has 0 saturated heterocycles. The normalized spacial score (nSPS) is 14.6. The molecule has 24 heavy (non-hydrogen) atoms. The van der Waals surface area contributed by atoms with Crippen LogP contribution >= 0.6 is 0 Å². The molecule has 0 fully saturated rings. The summed E-state index contributed by atoms with van der Waals surface area (Å²) >= 11 is -1.49. The van der Waals surface area contributed by atoms with E-state index in [1.165, 1.54) is 0 Å². The summed E-state index contributed by atoms with van der Waals surface area (Å²) in [6.07, 6.45) is 0.336. The predicted molar refractivity (Wildman–Crippen MR) is 93.4 cm³/mol. The van der Waals surface area contributed by atoms with Crippen LogP contribution in [0, 0.1) is 17.2 Å². The quantitative estimate of drug-likeness (QED) is 0.601. The molecule has 1 unspecified atom stereocenters. The summed E-state index contributed by atoms with van der Waals surface area (Å²) in [4.78, 5) is 11.0. The van der Waals surface area contributed by atoms with Gasteiger partial charge in [0.15, 0.2) is 0 Å². The van der Waals surface area contributed by atoms with Gasteiger partial charge in [0, 0.05) is 5.56 Å². The van der Waals surface area contributed by atoms with E-state index in [2.05, 4.69) is 4.40 Å². The van der Waals surface area contributed by atoms with Crippen molar-refractivity contribution in [3.8, 4) is 11.8 Å². The first-order chi connectivity index (χ1) is 11.2. The van der Waals surface area contributed by atoms with E-state index in [0.29, 0.717) is 17.0 Å². The summed E-state index contributed by atoms with van der Waals surface area (Å²) in [5.74, 6) is -1.67. The molecule has 6 nitrogen and oxygen atoms in total. The lowest BCUT2D eigenvalue weighted by Gasteiger charge is -2.19. The first-order valence-corrected chi connectivity index (χ1v) is 8.56. The fourth-order valence-electron chi connectivity index (χ4n) is 1.81. The zero-order valence-electron chi connectivity index (χ0n) is 14.3. The largest absolute Gasteiger partial charge is 0.591 e. The smallest absolute Gasteiger partial charge is 0.320 e. The molecule has 0 aliphatic carbocycles. The first kappa shape index (κ1) is 20.0. The van der Waals surface area contributed by atoms with Crippen molar-refractivity contribution in [1.29, 1.82) is 5.26 Å². The van der Waals surface area contributed by atoms with E-state index in [1.54, 1.807) is 37.4 Å². The molecule has 1 aromatic carbocycles. The van der Waals surface area contributed by atoms with Gasteiger partial charge in [0.05, 0.1) is 18.9 Å². The fraction of sp³-hybridized carbons (Fsp3) is 0.471. The molecule has 0 aliphatic rings. The van der Waals surface area contributed by atoms with Gasteiger partial charge in [0.2, 0.25) is 0 Å². The van der Waals surface area contributed by atoms with Crippen molar-refractivity contribution in [2.45, 2.75) is 38.4 Å². The summed E-state index contributed by atoms with van der Waals surface area (Å²) in [5.41, 5.74) is 1.21. The second-order valence-corrected chi connectivity index (χ2v) is 8.10.